The molecule has 0 atom stereocenters. The second-order valence-corrected chi connectivity index (χ2v) is 5.27. The Balaban J connectivity index is 2.88. The zero-order chi connectivity index (χ0) is 16.7. The Kier molecular flexibility index (Phi) is 6.95. The quantitative estimate of drug-likeness (QED) is 0.660. The minimum Gasteiger partial charge on any atom is -0.464 e. The number of nitrogens with zero attached hydrogens (tertiary/aromatic N) is 1. The van der Waals surface area contributed by atoms with Gasteiger partial charge >= 0.3 is 5.97 Å². The van der Waals surface area contributed by atoms with E-state index in [1.807, 2.05) is 0 Å². The van der Waals surface area contributed by atoms with Crippen LogP contribution in [0.15, 0.2) is 36.2 Å². The van der Waals surface area contributed by atoms with E-state index in [0.29, 0.717) is 15.6 Å². The summed E-state index contributed by atoms with van der Waals surface area (Å²) in [4.78, 5) is 25.1. The van der Waals surface area contributed by atoms with Gasteiger partial charge in [-0.05, 0) is 18.2 Å². The molecular weight excluding hydrogens is 327 g/mol. The molecular formula is C15H16Cl2N2O3. The Morgan fingerprint density at radius 3 is 2.32 bits per heavy atom. The highest BCUT2D eigenvalue weighted by Crippen LogP contribution is 2.25. The minimum absolute atomic E-state index is 0.0207. The second-order valence-electron chi connectivity index (χ2n) is 4.46. The second kappa shape index (κ2) is 8.46. The smallest absolute Gasteiger partial charge is 0.356 e. The van der Waals surface area contributed by atoms with Gasteiger partial charge in [-0.1, -0.05) is 29.3 Å². The number of carbonyl (C=O) groups excluding carboxylic acids is 2. The Morgan fingerprint density at radius 2 is 1.82 bits per heavy atom. The van der Waals surface area contributed by atoms with E-state index >= 15 is 0 Å². The average Bonchev–Trinajstić information content (AvgIpc) is 2.44. The maximum absolute atomic E-state index is 11.9. The highest BCUT2D eigenvalue weighted by Gasteiger charge is 2.12. The summed E-state index contributed by atoms with van der Waals surface area (Å²) in [5, 5.41) is 3.29. The molecule has 0 unspecified atom stereocenters. The van der Waals surface area contributed by atoms with Crippen LogP contribution < -0.4 is 5.32 Å². The lowest BCUT2D eigenvalue weighted by Gasteiger charge is -2.10. The normalized spacial score (nSPS) is 11.4. The summed E-state index contributed by atoms with van der Waals surface area (Å²) in [5.41, 5.74) is 0.546. The Hall–Kier alpha value is -1.98. The first-order chi connectivity index (χ1) is 10.3. The van der Waals surface area contributed by atoms with Crippen molar-refractivity contribution in [3.8, 4) is 0 Å². The first kappa shape index (κ1) is 18.1. The highest BCUT2D eigenvalue weighted by atomic mass is 35.5. The maximum atomic E-state index is 11.9. The SMILES string of the molecule is COC(=O)/C(=C\N(C)C)NC(=O)/C=C/c1c(Cl)cccc1Cl. The van der Waals surface area contributed by atoms with Crippen molar-refractivity contribution in [1.29, 1.82) is 0 Å². The van der Waals surface area contributed by atoms with Crippen molar-refractivity contribution in [2.75, 3.05) is 21.2 Å². The van der Waals surface area contributed by atoms with Crippen molar-refractivity contribution in [2.24, 2.45) is 0 Å². The molecule has 0 radical (unpaired) electrons. The highest BCUT2D eigenvalue weighted by molar-refractivity contribution is 6.37. The summed E-state index contributed by atoms with van der Waals surface area (Å²) in [6.07, 6.45) is 4.16. The van der Waals surface area contributed by atoms with Gasteiger partial charge in [0.05, 0.1) is 7.11 Å². The summed E-state index contributed by atoms with van der Waals surface area (Å²) in [6.45, 7) is 0. The molecule has 0 aliphatic carbocycles. The number of benzene rings is 1. The summed E-state index contributed by atoms with van der Waals surface area (Å²) in [7, 11) is 4.67. The van der Waals surface area contributed by atoms with Gasteiger partial charge in [0, 0.05) is 42.0 Å². The summed E-state index contributed by atoms with van der Waals surface area (Å²) >= 11 is 12.0. The van der Waals surface area contributed by atoms with Gasteiger partial charge in [-0.3, -0.25) is 4.79 Å². The van der Waals surface area contributed by atoms with E-state index in [4.69, 9.17) is 23.2 Å². The molecule has 1 amide bonds. The molecule has 0 saturated heterocycles. The number of carbonyl (C=O) groups is 2. The molecule has 0 aliphatic rings. The number of ether oxygens (including phenoxy) is 1. The van der Waals surface area contributed by atoms with Crippen molar-refractivity contribution in [1.82, 2.24) is 10.2 Å². The molecule has 1 aromatic rings. The molecule has 5 nitrogen and oxygen atoms in total. The van der Waals surface area contributed by atoms with Gasteiger partial charge in [0.25, 0.3) is 0 Å². The van der Waals surface area contributed by atoms with Crippen molar-refractivity contribution in [3.63, 3.8) is 0 Å². The first-order valence-electron chi connectivity index (χ1n) is 6.24. The van der Waals surface area contributed by atoms with Crippen LogP contribution in [-0.4, -0.2) is 38.0 Å². The third-order valence-corrected chi connectivity index (χ3v) is 3.11. The lowest BCUT2D eigenvalue weighted by Crippen LogP contribution is -2.28. The van der Waals surface area contributed by atoms with Crippen molar-refractivity contribution >= 4 is 41.2 Å². The van der Waals surface area contributed by atoms with Crippen LogP contribution in [-0.2, 0) is 14.3 Å². The van der Waals surface area contributed by atoms with Crippen molar-refractivity contribution in [3.05, 3.63) is 51.8 Å². The maximum Gasteiger partial charge on any atom is 0.356 e. The fraction of sp³-hybridized carbons (Fsp3) is 0.200. The molecule has 0 saturated carbocycles. The average molecular weight is 343 g/mol. The monoisotopic (exact) mass is 342 g/mol. The van der Waals surface area contributed by atoms with Crippen LogP contribution in [0.2, 0.25) is 10.0 Å². The van der Waals surface area contributed by atoms with E-state index < -0.39 is 11.9 Å². The predicted molar refractivity (Wildman–Crippen MR) is 87.4 cm³/mol. The number of rotatable bonds is 5. The van der Waals surface area contributed by atoms with Gasteiger partial charge in [0.1, 0.15) is 5.70 Å². The molecule has 0 spiro atoms. The molecule has 0 bridgehead atoms. The van der Waals surface area contributed by atoms with Gasteiger partial charge in [0.2, 0.25) is 5.91 Å². The van der Waals surface area contributed by atoms with E-state index in [9.17, 15) is 9.59 Å². The van der Waals surface area contributed by atoms with Crippen LogP contribution in [0, 0.1) is 0 Å². The van der Waals surface area contributed by atoms with Crippen molar-refractivity contribution < 1.29 is 14.3 Å². The lowest BCUT2D eigenvalue weighted by molar-refractivity contribution is -0.137. The summed E-state index contributed by atoms with van der Waals surface area (Å²) < 4.78 is 4.60. The number of methoxy groups -OCH3 is 1. The van der Waals surface area contributed by atoms with Crippen molar-refractivity contribution in [2.45, 2.75) is 0 Å². The third kappa shape index (κ3) is 5.42. The van der Waals surface area contributed by atoms with Crippen LogP contribution in [0.25, 0.3) is 6.08 Å². The van der Waals surface area contributed by atoms with E-state index in [-0.39, 0.29) is 5.70 Å². The summed E-state index contributed by atoms with van der Waals surface area (Å²) in [6, 6.07) is 5.03. The molecule has 0 fully saturated rings. The number of nitrogens with one attached hydrogen (secondary N) is 1. The Morgan fingerprint density at radius 1 is 1.23 bits per heavy atom. The molecule has 7 heteroatoms. The molecule has 0 aliphatic heterocycles. The van der Waals surface area contributed by atoms with Gasteiger partial charge in [0.15, 0.2) is 0 Å². The zero-order valence-electron chi connectivity index (χ0n) is 12.4. The van der Waals surface area contributed by atoms with Crippen LogP contribution in [0.5, 0.6) is 0 Å². The van der Waals surface area contributed by atoms with Crippen LogP contribution >= 0.6 is 23.2 Å². The fourth-order valence-corrected chi connectivity index (χ4v) is 2.03. The number of hydrogen-bond acceptors (Lipinski definition) is 4. The third-order valence-electron chi connectivity index (χ3n) is 2.45. The molecule has 1 N–H and O–H groups in total. The molecule has 0 aromatic heterocycles. The largest absolute Gasteiger partial charge is 0.464 e. The number of esters is 1. The number of halogens is 2. The molecule has 0 heterocycles. The molecule has 118 valence electrons. The zero-order valence-corrected chi connectivity index (χ0v) is 13.9. The predicted octanol–water partition coefficient (Wildman–Crippen LogP) is 2.70. The lowest BCUT2D eigenvalue weighted by atomic mass is 10.2. The van der Waals surface area contributed by atoms with Gasteiger partial charge < -0.3 is 15.0 Å². The van der Waals surface area contributed by atoms with Crippen LogP contribution in [0.3, 0.4) is 0 Å². The molecule has 22 heavy (non-hydrogen) atoms. The van der Waals surface area contributed by atoms with Crippen LogP contribution in [0.4, 0.5) is 0 Å². The number of amides is 1. The van der Waals surface area contributed by atoms with E-state index in [0.717, 1.165) is 0 Å². The van der Waals surface area contributed by atoms with Crippen LogP contribution in [0.1, 0.15) is 5.56 Å². The van der Waals surface area contributed by atoms with E-state index in [1.54, 1.807) is 37.2 Å². The topological polar surface area (TPSA) is 58.6 Å². The fourth-order valence-electron chi connectivity index (χ4n) is 1.51. The Labute approximate surface area is 139 Å². The van der Waals surface area contributed by atoms with Gasteiger partial charge in [-0.15, -0.1) is 0 Å². The van der Waals surface area contributed by atoms with E-state index in [1.165, 1.54) is 25.5 Å². The van der Waals surface area contributed by atoms with Gasteiger partial charge in [-0.2, -0.15) is 0 Å². The minimum atomic E-state index is -0.647. The number of hydrogen-bond donors (Lipinski definition) is 1. The van der Waals surface area contributed by atoms with E-state index in [2.05, 4.69) is 10.1 Å². The first-order valence-corrected chi connectivity index (χ1v) is 7.00. The Bertz CT molecular complexity index is 605. The molecule has 1 rings (SSSR count). The standard InChI is InChI=1S/C15H16Cl2N2O3/c1-19(2)9-13(15(21)22-3)18-14(20)8-7-10-11(16)5-4-6-12(10)17/h4-9H,1-3H3,(H,18,20)/b8-7+,13-9+. The van der Waals surface area contributed by atoms with Gasteiger partial charge in [-0.25, -0.2) is 4.79 Å². The summed E-state index contributed by atoms with van der Waals surface area (Å²) in [5.74, 6) is -1.15. The molecule has 1 aromatic carbocycles.